The molecular formula is C15H24N6O. The van der Waals surface area contributed by atoms with E-state index < -0.39 is 0 Å². The number of aromatic nitrogens is 5. The second kappa shape index (κ2) is 7.02. The Balaban J connectivity index is 1.52. The summed E-state index contributed by atoms with van der Waals surface area (Å²) in [5.41, 5.74) is 1.29. The third kappa shape index (κ3) is 3.36. The van der Waals surface area contributed by atoms with E-state index in [2.05, 4.69) is 49.9 Å². The highest BCUT2D eigenvalue weighted by atomic mass is 16.5. The smallest absolute Gasteiger partial charge is 0.137 e. The molecule has 0 aliphatic carbocycles. The zero-order valence-corrected chi connectivity index (χ0v) is 13.3. The molecule has 0 unspecified atom stereocenters. The van der Waals surface area contributed by atoms with Crippen LogP contribution in [0.5, 0.6) is 0 Å². The van der Waals surface area contributed by atoms with Crippen molar-refractivity contribution in [1.29, 1.82) is 0 Å². The summed E-state index contributed by atoms with van der Waals surface area (Å²) in [6, 6.07) is 2.10. The first kappa shape index (κ1) is 15.2. The van der Waals surface area contributed by atoms with E-state index >= 15 is 0 Å². The predicted molar refractivity (Wildman–Crippen MR) is 82.6 cm³/mol. The molecule has 0 radical (unpaired) electrons. The van der Waals surface area contributed by atoms with Crippen LogP contribution in [0.3, 0.4) is 0 Å². The molecule has 1 N–H and O–H groups in total. The number of hydrogen-bond acceptors (Lipinski definition) is 5. The van der Waals surface area contributed by atoms with Crippen molar-refractivity contribution in [3.63, 3.8) is 0 Å². The van der Waals surface area contributed by atoms with Crippen molar-refractivity contribution in [2.75, 3.05) is 26.7 Å². The fraction of sp³-hybridized carbons (Fsp3) is 0.667. The monoisotopic (exact) mass is 304 g/mol. The quantitative estimate of drug-likeness (QED) is 0.828. The lowest BCUT2D eigenvalue weighted by atomic mass is 10.0. The Morgan fingerprint density at radius 2 is 2.41 bits per heavy atom. The molecule has 1 fully saturated rings. The highest BCUT2D eigenvalue weighted by molar-refractivity contribution is 5.02. The van der Waals surface area contributed by atoms with E-state index in [9.17, 15) is 0 Å². The Hall–Kier alpha value is -1.73. The van der Waals surface area contributed by atoms with Crippen LogP contribution >= 0.6 is 0 Å². The van der Waals surface area contributed by atoms with Gasteiger partial charge in [-0.15, -0.1) is 0 Å². The zero-order valence-electron chi connectivity index (χ0n) is 13.3. The average Bonchev–Trinajstić information content (AvgIpc) is 3.25. The van der Waals surface area contributed by atoms with E-state index in [1.54, 1.807) is 6.33 Å². The SMILES string of the molecule is CCn1nccc1CCN(C)C[C@H]1OCC[C@H]1c1ncn[nH]1. The molecule has 3 heterocycles. The van der Waals surface area contributed by atoms with Gasteiger partial charge in [-0.1, -0.05) is 0 Å². The number of hydrogen-bond donors (Lipinski definition) is 1. The van der Waals surface area contributed by atoms with Crippen LogP contribution in [-0.4, -0.2) is 62.7 Å². The van der Waals surface area contributed by atoms with E-state index in [4.69, 9.17) is 4.74 Å². The van der Waals surface area contributed by atoms with Crippen LogP contribution in [0.1, 0.15) is 30.8 Å². The Labute approximate surface area is 130 Å². The minimum atomic E-state index is 0.189. The van der Waals surface area contributed by atoms with E-state index in [1.165, 1.54) is 5.69 Å². The summed E-state index contributed by atoms with van der Waals surface area (Å²) in [6.07, 6.45) is 5.65. The van der Waals surface area contributed by atoms with Gasteiger partial charge < -0.3 is 9.64 Å². The standard InChI is InChI=1S/C15H24N6O/c1-3-21-12(4-7-18-21)5-8-20(2)10-14-13(6-9-22-14)15-16-11-17-19-15/h4,7,11,13-14H,3,5-6,8-10H2,1-2H3,(H,16,17,19)/t13-,14-/m1/s1. The normalized spacial score (nSPS) is 21.8. The van der Waals surface area contributed by atoms with Gasteiger partial charge in [-0.2, -0.15) is 10.2 Å². The molecule has 2 aromatic rings. The first-order chi connectivity index (χ1) is 10.8. The molecule has 1 saturated heterocycles. The number of nitrogens with one attached hydrogen (secondary N) is 1. The molecule has 0 spiro atoms. The number of rotatable bonds is 7. The second-order valence-electron chi connectivity index (χ2n) is 5.83. The van der Waals surface area contributed by atoms with Crippen molar-refractivity contribution in [2.24, 2.45) is 0 Å². The van der Waals surface area contributed by atoms with Crippen molar-refractivity contribution in [3.05, 3.63) is 30.1 Å². The summed E-state index contributed by atoms with van der Waals surface area (Å²) >= 11 is 0. The molecule has 2 atom stereocenters. The van der Waals surface area contributed by atoms with Crippen molar-refractivity contribution in [2.45, 2.75) is 38.3 Å². The third-order valence-electron chi connectivity index (χ3n) is 4.34. The minimum absolute atomic E-state index is 0.189. The molecule has 1 aliphatic rings. The number of ether oxygens (including phenoxy) is 1. The maximum atomic E-state index is 5.89. The number of likely N-dealkylation sites (N-methyl/N-ethyl adjacent to an activating group) is 1. The van der Waals surface area contributed by atoms with E-state index in [0.29, 0.717) is 5.92 Å². The topological polar surface area (TPSA) is 71.9 Å². The first-order valence-corrected chi connectivity index (χ1v) is 7.94. The maximum Gasteiger partial charge on any atom is 0.137 e. The van der Waals surface area contributed by atoms with Gasteiger partial charge in [0.15, 0.2) is 0 Å². The molecule has 0 saturated carbocycles. The third-order valence-corrected chi connectivity index (χ3v) is 4.34. The highest BCUT2D eigenvalue weighted by Gasteiger charge is 2.32. The van der Waals surface area contributed by atoms with Crippen molar-refractivity contribution >= 4 is 0 Å². The Morgan fingerprint density at radius 3 is 3.18 bits per heavy atom. The molecule has 2 aromatic heterocycles. The lowest BCUT2D eigenvalue weighted by Crippen LogP contribution is -2.33. The minimum Gasteiger partial charge on any atom is -0.376 e. The lowest BCUT2D eigenvalue weighted by molar-refractivity contribution is 0.0732. The van der Waals surface area contributed by atoms with E-state index in [1.807, 2.05) is 6.20 Å². The van der Waals surface area contributed by atoms with Crippen LogP contribution < -0.4 is 0 Å². The summed E-state index contributed by atoms with van der Waals surface area (Å²) in [7, 11) is 2.14. The van der Waals surface area contributed by atoms with Crippen LogP contribution in [0.15, 0.2) is 18.6 Å². The van der Waals surface area contributed by atoms with Crippen molar-refractivity contribution in [1.82, 2.24) is 29.9 Å². The molecule has 120 valence electrons. The molecule has 0 bridgehead atoms. The molecule has 1 aliphatic heterocycles. The largest absolute Gasteiger partial charge is 0.376 e. The maximum absolute atomic E-state index is 5.89. The molecule has 3 rings (SSSR count). The highest BCUT2D eigenvalue weighted by Crippen LogP contribution is 2.29. The summed E-state index contributed by atoms with van der Waals surface area (Å²) < 4.78 is 7.95. The molecule has 22 heavy (non-hydrogen) atoms. The lowest BCUT2D eigenvalue weighted by Gasteiger charge is -2.23. The summed E-state index contributed by atoms with van der Waals surface area (Å²) in [6.45, 7) is 5.74. The summed E-state index contributed by atoms with van der Waals surface area (Å²) in [5.74, 6) is 1.27. The Morgan fingerprint density at radius 1 is 1.50 bits per heavy atom. The zero-order chi connectivity index (χ0) is 15.4. The van der Waals surface area contributed by atoms with Gasteiger partial charge in [0, 0.05) is 50.5 Å². The van der Waals surface area contributed by atoms with Crippen LogP contribution in [-0.2, 0) is 17.7 Å². The van der Waals surface area contributed by atoms with Crippen LogP contribution in [0, 0.1) is 0 Å². The van der Waals surface area contributed by atoms with Gasteiger partial charge in [-0.25, -0.2) is 4.98 Å². The number of nitrogens with zero attached hydrogens (tertiary/aromatic N) is 5. The van der Waals surface area contributed by atoms with Crippen LogP contribution in [0.25, 0.3) is 0 Å². The van der Waals surface area contributed by atoms with Gasteiger partial charge in [-0.3, -0.25) is 9.78 Å². The van der Waals surface area contributed by atoms with Gasteiger partial charge in [0.05, 0.1) is 6.10 Å². The molecule has 7 nitrogen and oxygen atoms in total. The predicted octanol–water partition coefficient (Wildman–Crippen LogP) is 1.07. The molecule has 0 amide bonds. The van der Waals surface area contributed by atoms with E-state index in [-0.39, 0.29) is 6.10 Å². The van der Waals surface area contributed by atoms with Gasteiger partial charge in [0.1, 0.15) is 12.2 Å². The van der Waals surface area contributed by atoms with Crippen LogP contribution in [0.4, 0.5) is 0 Å². The summed E-state index contributed by atoms with van der Waals surface area (Å²) in [4.78, 5) is 6.61. The average molecular weight is 304 g/mol. The number of aromatic amines is 1. The summed E-state index contributed by atoms with van der Waals surface area (Å²) in [5, 5.41) is 11.3. The first-order valence-electron chi connectivity index (χ1n) is 7.94. The fourth-order valence-electron chi connectivity index (χ4n) is 3.10. The Kier molecular flexibility index (Phi) is 4.84. The van der Waals surface area contributed by atoms with E-state index in [0.717, 1.165) is 44.9 Å². The molecular weight excluding hydrogens is 280 g/mol. The van der Waals surface area contributed by atoms with Gasteiger partial charge >= 0.3 is 0 Å². The van der Waals surface area contributed by atoms with Crippen molar-refractivity contribution in [3.8, 4) is 0 Å². The second-order valence-corrected chi connectivity index (χ2v) is 5.83. The molecule has 7 heteroatoms. The Bertz CT molecular complexity index is 566. The fourth-order valence-corrected chi connectivity index (χ4v) is 3.10. The van der Waals surface area contributed by atoms with Gasteiger partial charge in [0.25, 0.3) is 0 Å². The number of H-pyrrole nitrogens is 1. The van der Waals surface area contributed by atoms with Gasteiger partial charge in [-0.05, 0) is 26.5 Å². The van der Waals surface area contributed by atoms with Crippen LogP contribution in [0.2, 0.25) is 0 Å². The van der Waals surface area contributed by atoms with Crippen molar-refractivity contribution < 1.29 is 4.74 Å². The number of aryl methyl sites for hydroxylation is 1. The molecule has 0 aromatic carbocycles. The van der Waals surface area contributed by atoms with Gasteiger partial charge in [0.2, 0.25) is 0 Å².